The molecule has 0 heterocycles. The van der Waals surface area contributed by atoms with Gasteiger partial charge in [-0.1, -0.05) is 61.0 Å². The third-order valence-corrected chi connectivity index (χ3v) is 4.39. The highest BCUT2D eigenvalue weighted by atomic mass is 15.0. The molecule has 0 aliphatic heterocycles. The molecule has 1 aliphatic rings. The van der Waals surface area contributed by atoms with Crippen LogP contribution < -0.4 is 5.32 Å². The quantitative estimate of drug-likeness (QED) is 0.843. The number of hydrogen-bond donors (Lipinski definition) is 1. The molecule has 2 unspecified atom stereocenters. The number of rotatable bonds is 4. The van der Waals surface area contributed by atoms with Gasteiger partial charge in [-0.25, -0.2) is 0 Å². The molecule has 0 saturated heterocycles. The van der Waals surface area contributed by atoms with E-state index in [9.17, 15) is 0 Å². The van der Waals surface area contributed by atoms with Crippen LogP contribution in [0.25, 0.3) is 0 Å². The molecule has 2 aromatic carbocycles. The van der Waals surface area contributed by atoms with Crippen molar-refractivity contribution in [3.05, 3.63) is 70.8 Å². The second-order valence-electron chi connectivity index (χ2n) is 5.83. The predicted octanol–water partition coefficient (Wildman–Crippen LogP) is 4.72. The van der Waals surface area contributed by atoms with Crippen LogP contribution in [0.15, 0.2) is 48.5 Å². The molecule has 0 fully saturated rings. The SMILES string of the molecule is CCC(NC1CCc2ccc(C)cc21)c1ccccc1. The maximum absolute atomic E-state index is 3.87. The van der Waals surface area contributed by atoms with Gasteiger partial charge in [0.05, 0.1) is 0 Å². The molecular formula is C19H23N. The lowest BCUT2D eigenvalue weighted by molar-refractivity contribution is 0.433. The second kappa shape index (κ2) is 5.80. The first-order valence-electron chi connectivity index (χ1n) is 7.68. The minimum atomic E-state index is 0.452. The number of hydrogen-bond acceptors (Lipinski definition) is 1. The van der Waals surface area contributed by atoms with E-state index in [0.717, 1.165) is 6.42 Å². The minimum absolute atomic E-state index is 0.452. The molecule has 2 aromatic rings. The van der Waals surface area contributed by atoms with E-state index in [-0.39, 0.29) is 0 Å². The van der Waals surface area contributed by atoms with Gasteiger partial charge in [0.15, 0.2) is 0 Å². The molecule has 0 radical (unpaired) electrons. The number of aryl methyl sites for hydroxylation is 2. The number of benzene rings is 2. The van der Waals surface area contributed by atoms with Crippen LogP contribution in [0.1, 0.15) is 54.1 Å². The second-order valence-corrected chi connectivity index (χ2v) is 5.83. The topological polar surface area (TPSA) is 12.0 Å². The van der Waals surface area contributed by atoms with Gasteiger partial charge < -0.3 is 5.32 Å². The van der Waals surface area contributed by atoms with E-state index in [1.165, 1.54) is 35.1 Å². The average Bonchev–Trinajstić information content (AvgIpc) is 2.88. The summed E-state index contributed by atoms with van der Waals surface area (Å²) in [4.78, 5) is 0. The van der Waals surface area contributed by atoms with Crippen molar-refractivity contribution in [2.24, 2.45) is 0 Å². The van der Waals surface area contributed by atoms with E-state index in [2.05, 4.69) is 67.7 Å². The summed E-state index contributed by atoms with van der Waals surface area (Å²) >= 11 is 0. The van der Waals surface area contributed by atoms with E-state index in [1.807, 2.05) is 0 Å². The van der Waals surface area contributed by atoms with Gasteiger partial charge >= 0.3 is 0 Å². The Labute approximate surface area is 122 Å². The fraction of sp³-hybridized carbons (Fsp3) is 0.368. The largest absolute Gasteiger partial charge is 0.303 e. The smallest absolute Gasteiger partial charge is 0.0331 e. The predicted molar refractivity (Wildman–Crippen MR) is 84.9 cm³/mol. The van der Waals surface area contributed by atoms with E-state index in [4.69, 9.17) is 0 Å². The van der Waals surface area contributed by atoms with Gasteiger partial charge in [-0.15, -0.1) is 0 Å². The molecule has 3 rings (SSSR count). The van der Waals surface area contributed by atoms with Gasteiger partial charge in [0.1, 0.15) is 0 Å². The van der Waals surface area contributed by atoms with Crippen LogP contribution in [0.4, 0.5) is 0 Å². The standard InChI is InChI=1S/C19H23N/c1-3-18(16-7-5-4-6-8-16)20-19-12-11-15-10-9-14(2)13-17(15)19/h4-10,13,18-20H,3,11-12H2,1-2H3. The zero-order valence-corrected chi connectivity index (χ0v) is 12.4. The van der Waals surface area contributed by atoms with E-state index in [1.54, 1.807) is 0 Å². The molecule has 0 bridgehead atoms. The molecule has 2 atom stereocenters. The monoisotopic (exact) mass is 265 g/mol. The summed E-state index contributed by atoms with van der Waals surface area (Å²) in [6.45, 7) is 4.45. The van der Waals surface area contributed by atoms with Crippen molar-refractivity contribution >= 4 is 0 Å². The first-order valence-corrected chi connectivity index (χ1v) is 7.68. The Bertz CT molecular complexity index is 574. The highest BCUT2D eigenvalue weighted by Gasteiger charge is 2.24. The molecule has 1 nitrogen and oxygen atoms in total. The molecule has 1 heteroatoms. The summed E-state index contributed by atoms with van der Waals surface area (Å²) in [6, 6.07) is 18.7. The lowest BCUT2D eigenvalue weighted by atomic mass is 10.0. The normalized spacial score (nSPS) is 18.8. The van der Waals surface area contributed by atoms with E-state index < -0.39 is 0 Å². The van der Waals surface area contributed by atoms with Crippen molar-refractivity contribution in [3.63, 3.8) is 0 Å². The first-order chi connectivity index (χ1) is 9.78. The van der Waals surface area contributed by atoms with Crippen molar-refractivity contribution in [1.82, 2.24) is 5.32 Å². The third kappa shape index (κ3) is 2.64. The fourth-order valence-electron chi connectivity index (χ4n) is 3.27. The van der Waals surface area contributed by atoms with Crippen molar-refractivity contribution in [3.8, 4) is 0 Å². The van der Waals surface area contributed by atoms with Crippen molar-refractivity contribution < 1.29 is 0 Å². The molecule has 0 saturated carbocycles. The Hall–Kier alpha value is -1.60. The summed E-state index contributed by atoms with van der Waals surface area (Å²) in [7, 11) is 0. The van der Waals surface area contributed by atoms with Crippen LogP contribution in [-0.4, -0.2) is 0 Å². The third-order valence-electron chi connectivity index (χ3n) is 4.39. The zero-order valence-electron chi connectivity index (χ0n) is 12.4. The summed E-state index contributed by atoms with van der Waals surface area (Å²) in [5, 5.41) is 3.87. The lowest BCUT2D eigenvalue weighted by Crippen LogP contribution is -2.24. The maximum Gasteiger partial charge on any atom is 0.0331 e. The molecule has 0 aromatic heterocycles. The average molecular weight is 265 g/mol. The fourth-order valence-corrected chi connectivity index (χ4v) is 3.27. The van der Waals surface area contributed by atoms with Crippen LogP contribution in [-0.2, 0) is 6.42 Å². The number of fused-ring (bicyclic) bond motifs is 1. The molecule has 1 aliphatic carbocycles. The molecule has 0 spiro atoms. The molecular weight excluding hydrogens is 242 g/mol. The van der Waals surface area contributed by atoms with Gasteiger partial charge in [0, 0.05) is 12.1 Å². The van der Waals surface area contributed by atoms with Crippen molar-refractivity contribution in [2.45, 2.75) is 45.2 Å². The Morgan fingerprint density at radius 3 is 2.70 bits per heavy atom. The van der Waals surface area contributed by atoms with Gasteiger partial charge in [0.25, 0.3) is 0 Å². The Kier molecular flexibility index (Phi) is 3.88. The van der Waals surface area contributed by atoms with Crippen LogP contribution in [0.3, 0.4) is 0 Å². The highest BCUT2D eigenvalue weighted by molar-refractivity contribution is 5.38. The van der Waals surface area contributed by atoms with E-state index >= 15 is 0 Å². The van der Waals surface area contributed by atoms with Gasteiger partial charge in [-0.2, -0.15) is 0 Å². The van der Waals surface area contributed by atoms with Crippen molar-refractivity contribution in [1.29, 1.82) is 0 Å². The minimum Gasteiger partial charge on any atom is -0.303 e. The number of nitrogens with one attached hydrogen (secondary N) is 1. The van der Waals surface area contributed by atoms with Crippen LogP contribution in [0.2, 0.25) is 0 Å². The molecule has 0 amide bonds. The van der Waals surface area contributed by atoms with Crippen LogP contribution in [0, 0.1) is 6.92 Å². The molecule has 20 heavy (non-hydrogen) atoms. The Balaban J connectivity index is 1.81. The molecule has 104 valence electrons. The van der Waals surface area contributed by atoms with Gasteiger partial charge in [0.2, 0.25) is 0 Å². The maximum atomic E-state index is 3.87. The summed E-state index contributed by atoms with van der Waals surface area (Å²) < 4.78 is 0. The van der Waals surface area contributed by atoms with Crippen LogP contribution >= 0.6 is 0 Å². The Morgan fingerprint density at radius 1 is 1.15 bits per heavy atom. The van der Waals surface area contributed by atoms with Gasteiger partial charge in [-0.3, -0.25) is 0 Å². The first kappa shape index (κ1) is 13.4. The summed E-state index contributed by atoms with van der Waals surface area (Å²) in [6.07, 6.45) is 3.56. The Morgan fingerprint density at radius 2 is 1.95 bits per heavy atom. The lowest BCUT2D eigenvalue weighted by Gasteiger charge is -2.23. The van der Waals surface area contributed by atoms with Gasteiger partial charge in [-0.05, 0) is 42.9 Å². The molecule has 1 N–H and O–H groups in total. The zero-order chi connectivity index (χ0) is 13.9. The summed E-state index contributed by atoms with van der Waals surface area (Å²) in [5.74, 6) is 0. The summed E-state index contributed by atoms with van der Waals surface area (Å²) in [5.41, 5.74) is 5.80. The van der Waals surface area contributed by atoms with Crippen molar-refractivity contribution in [2.75, 3.05) is 0 Å². The van der Waals surface area contributed by atoms with E-state index in [0.29, 0.717) is 12.1 Å². The highest BCUT2D eigenvalue weighted by Crippen LogP contribution is 2.34. The van der Waals surface area contributed by atoms with Crippen LogP contribution in [0.5, 0.6) is 0 Å².